The molecule has 12 nitrogen and oxygen atoms in total. The van der Waals surface area contributed by atoms with Crippen molar-refractivity contribution < 1.29 is 18.8 Å². The number of amides is 2. The number of hydrogen-bond acceptors (Lipinski definition) is 9. The maximum atomic E-state index is 12.3. The van der Waals surface area contributed by atoms with E-state index in [1.807, 2.05) is 12.1 Å². The Morgan fingerprint density at radius 3 is 2.64 bits per heavy atom. The Labute approximate surface area is 224 Å². The maximum absolute atomic E-state index is 12.3. The molecule has 4 aromatic rings. The van der Waals surface area contributed by atoms with Crippen LogP contribution >= 0.6 is 0 Å². The summed E-state index contributed by atoms with van der Waals surface area (Å²) in [5.41, 5.74) is 0.345. The van der Waals surface area contributed by atoms with Crippen LogP contribution in [0.5, 0.6) is 0 Å². The number of nitrogens with zero attached hydrogens (tertiary/aromatic N) is 3. The average molecular weight is 534 g/mol. The van der Waals surface area contributed by atoms with Gasteiger partial charge in [0.2, 0.25) is 17.6 Å². The number of carbonyl (C=O) groups excluding carboxylic acids is 2. The highest BCUT2D eigenvalue weighted by Gasteiger charge is 2.17. The molecule has 0 fully saturated rings. The third kappa shape index (κ3) is 7.87. The number of aryl methyl sites for hydroxylation is 1. The number of aromatic nitrogens is 4. The summed E-state index contributed by atoms with van der Waals surface area (Å²) in [6.45, 7) is 6.41. The fourth-order valence-electron chi connectivity index (χ4n) is 3.71. The van der Waals surface area contributed by atoms with Crippen LogP contribution in [-0.2, 0) is 16.0 Å². The van der Waals surface area contributed by atoms with Gasteiger partial charge in [0.1, 0.15) is 5.60 Å². The van der Waals surface area contributed by atoms with Crippen LogP contribution in [0.1, 0.15) is 39.5 Å². The van der Waals surface area contributed by atoms with Crippen molar-refractivity contribution in [3.05, 3.63) is 64.8 Å². The third-order valence-corrected chi connectivity index (χ3v) is 5.46. The van der Waals surface area contributed by atoms with Crippen LogP contribution in [0, 0.1) is 0 Å². The van der Waals surface area contributed by atoms with Gasteiger partial charge in [-0.1, -0.05) is 35.5 Å². The number of anilines is 2. The molecule has 4 rings (SSSR count). The number of H-pyrrole nitrogens is 1. The minimum atomic E-state index is -0.606. The normalized spacial score (nSPS) is 11.3. The lowest BCUT2D eigenvalue weighted by Crippen LogP contribution is -2.27. The summed E-state index contributed by atoms with van der Waals surface area (Å²) in [7, 11) is 0. The van der Waals surface area contributed by atoms with E-state index < -0.39 is 11.7 Å². The molecule has 2 amide bonds. The first-order valence-corrected chi connectivity index (χ1v) is 12.6. The molecule has 0 unspecified atom stereocenters. The topological polar surface area (TPSA) is 164 Å². The Hall–Kier alpha value is -4.74. The van der Waals surface area contributed by atoms with E-state index in [-0.39, 0.29) is 17.9 Å². The van der Waals surface area contributed by atoms with Gasteiger partial charge in [-0.25, -0.2) is 9.89 Å². The number of fused-ring (bicyclic) bond motifs is 1. The minimum absolute atomic E-state index is 0.133. The van der Waals surface area contributed by atoms with Crippen molar-refractivity contribution in [3.63, 3.8) is 0 Å². The number of ether oxygens (including phenoxy) is 1. The molecule has 0 aliphatic carbocycles. The van der Waals surface area contributed by atoms with Gasteiger partial charge in [0.15, 0.2) is 5.82 Å². The second kappa shape index (κ2) is 12.2. The van der Waals surface area contributed by atoms with Gasteiger partial charge in [-0.2, -0.15) is 10.1 Å². The molecule has 204 valence electrons. The monoisotopic (exact) mass is 533 g/mol. The van der Waals surface area contributed by atoms with Crippen molar-refractivity contribution in [2.45, 2.75) is 45.6 Å². The Balaban J connectivity index is 1.20. The summed E-state index contributed by atoms with van der Waals surface area (Å²) in [6, 6.07) is 14.2. The van der Waals surface area contributed by atoms with E-state index >= 15 is 0 Å². The maximum Gasteiger partial charge on any atom is 0.412 e. The van der Waals surface area contributed by atoms with Gasteiger partial charge in [-0.3, -0.25) is 14.9 Å². The van der Waals surface area contributed by atoms with Crippen molar-refractivity contribution in [2.75, 3.05) is 23.7 Å². The molecule has 4 N–H and O–H groups in total. The lowest BCUT2D eigenvalue weighted by atomic mass is 10.2. The molecule has 39 heavy (non-hydrogen) atoms. The van der Waals surface area contributed by atoms with E-state index in [9.17, 15) is 14.4 Å². The third-order valence-electron chi connectivity index (χ3n) is 5.46. The number of rotatable bonds is 10. The Kier molecular flexibility index (Phi) is 8.54. The minimum Gasteiger partial charge on any atom is -0.444 e. The van der Waals surface area contributed by atoms with E-state index in [2.05, 4.69) is 36.3 Å². The Morgan fingerprint density at radius 1 is 1.05 bits per heavy atom. The SMILES string of the molecule is CC(C)(C)OC(=O)Nc1cccc(-c2noc(CCC(=O)NCCCNc3n[nH]c(=O)c4ccccc34)n2)c1. The molecule has 0 atom stereocenters. The largest absolute Gasteiger partial charge is 0.444 e. The lowest BCUT2D eigenvalue weighted by Gasteiger charge is -2.19. The van der Waals surface area contributed by atoms with Crippen LogP contribution < -0.4 is 21.5 Å². The van der Waals surface area contributed by atoms with Crippen molar-refractivity contribution in [3.8, 4) is 11.4 Å². The number of hydrogen-bond donors (Lipinski definition) is 4. The van der Waals surface area contributed by atoms with Gasteiger partial charge >= 0.3 is 6.09 Å². The van der Waals surface area contributed by atoms with Gasteiger partial charge in [-0.05, 0) is 45.4 Å². The van der Waals surface area contributed by atoms with Crippen LogP contribution in [-0.4, -0.2) is 51.0 Å². The molecular weight excluding hydrogens is 502 g/mol. The fraction of sp³-hybridized carbons (Fsp3) is 0.333. The summed E-state index contributed by atoms with van der Waals surface area (Å²) in [6.07, 6.45) is 0.595. The first kappa shape index (κ1) is 27.3. The van der Waals surface area contributed by atoms with Gasteiger partial charge in [0, 0.05) is 42.6 Å². The summed E-state index contributed by atoms with van der Waals surface area (Å²) in [4.78, 5) is 40.5. The van der Waals surface area contributed by atoms with Crippen molar-refractivity contribution >= 4 is 34.3 Å². The lowest BCUT2D eigenvalue weighted by molar-refractivity contribution is -0.121. The van der Waals surface area contributed by atoms with Crippen LogP contribution in [0.3, 0.4) is 0 Å². The van der Waals surface area contributed by atoms with Gasteiger partial charge in [-0.15, -0.1) is 0 Å². The van der Waals surface area contributed by atoms with E-state index in [0.717, 1.165) is 5.39 Å². The quantitative estimate of drug-likeness (QED) is 0.221. The number of nitrogens with one attached hydrogen (secondary N) is 4. The summed E-state index contributed by atoms with van der Waals surface area (Å²) >= 11 is 0. The number of benzene rings is 2. The molecule has 0 saturated heterocycles. The van der Waals surface area contributed by atoms with Crippen molar-refractivity contribution in [1.29, 1.82) is 0 Å². The molecule has 0 aliphatic rings. The van der Waals surface area contributed by atoms with Crippen LogP contribution in [0.4, 0.5) is 16.3 Å². The van der Waals surface area contributed by atoms with Gasteiger partial charge in [0.05, 0.1) is 5.39 Å². The van der Waals surface area contributed by atoms with Crippen molar-refractivity contribution in [2.24, 2.45) is 0 Å². The van der Waals surface area contributed by atoms with E-state index in [4.69, 9.17) is 9.26 Å². The van der Waals surface area contributed by atoms with Crippen LogP contribution in [0.25, 0.3) is 22.2 Å². The molecule has 2 aromatic carbocycles. The van der Waals surface area contributed by atoms with Gasteiger partial charge in [0.25, 0.3) is 5.56 Å². The zero-order chi connectivity index (χ0) is 27.8. The molecule has 0 aliphatic heterocycles. The second-order valence-electron chi connectivity index (χ2n) is 9.80. The molecule has 0 radical (unpaired) electrons. The summed E-state index contributed by atoms with van der Waals surface area (Å²) in [5.74, 6) is 1.15. The molecule has 0 bridgehead atoms. The summed E-state index contributed by atoms with van der Waals surface area (Å²) in [5, 5.41) is 20.6. The first-order chi connectivity index (χ1) is 18.7. The first-order valence-electron chi connectivity index (χ1n) is 12.6. The molecule has 2 heterocycles. The number of carbonyl (C=O) groups is 2. The van der Waals surface area contributed by atoms with E-state index in [1.54, 1.807) is 57.2 Å². The standard InChI is InChI=1S/C27H31N7O5/c1-27(2,3)38-26(37)30-18-9-6-8-17(16-18)23-31-22(39-34-23)13-12-21(35)28-14-7-15-29-24-19-10-4-5-11-20(19)25(36)33-32-24/h4-6,8-11,16H,7,12-15H2,1-3H3,(H,28,35)(H,29,32)(H,30,37)(H,33,36). The highest BCUT2D eigenvalue weighted by molar-refractivity contribution is 5.90. The van der Waals surface area contributed by atoms with Crippen LogP contribution in [0.2, 0.25) is 0 Å². The average Bonchev–Trinajstić information content (AvgIpc) is 3.37. The number of aromatic amines is 1. The predicted molar refractivity (Wildman–Crippen MR) is 146 cm³/mol. The molecule has 12 heteroatoms. The second-order valence-corrected chi connectivity index (χ2v) is 9.80. The van der Waals surface area contributed by atoms with Crippen LogP contribution in [0.15, 0.2) is 57.8 Å². The van der Waals surface area contributed by atoms with Crippen molar-refractivity contribution in [1.82, 2.24) is 25.7 Å². The zero-order valence-corrected chi connectivity index (χ0v) is 22.0. The molecule has 0 saturated carbocycles. The predicted octanol–water partition coefficient (Wildman–Crippen LogP) is 3.87. The molecular formula is C27H31N7O5. The Bertz CT molecular complexity index is 1510. The Morgan fingerprint density at radius 2 is 1.85 bits per heavy atom. The molecule has 2 aromatic heterocycles. The van der Waals surface area contributed by atoms with E-state index in [0.29, 0.717) is 60.1 Å². The highest BCUT2D eigenvalue weighted by atomic mass is 16.6. The fourth-order valence-corrected chi connectivity index (χ4v) is 3.71. The smallest absolute Gasteiger partial charge is 0.412 e. The summed E-state index contributed by atoms with van der Waals surface area (Å²) < 4.78 is 10.6. The highest BCUT2D eigenvalue weighted by Crippen LogP contribution is 2.21. The zero-order valence-electron chi connectivity index (χ0n) is 22.0. The van der Waals surface area contributed by atoms with E-state index in [1.165, 1.54) is 0 Å². The molecule has 0 spiro atoms. The van der Waals surface area contributed by atoms with Gasteiger partial charge < -0.3 is 19.9 Å².